The number of hydrogen-bond acceptors (Lipinski definition) is 8. The lowest BCUT2D eigenvalue weighted by Gasteiger charge is -2.36. The minimum atomic E-state index is -0.602. The Morgan fingerprint density at radius 1 is 1.04 bits per heavy atom. The van der Waals surface area contributed by atoms with Crippen molar-refractivity contribution in [3.8, 4) is 0 Å². The van der Waals surface area contributed by atoms with Gasteiger partial charge in [0, 0.05) is 26.2 Å². The van der Waals surface area contributed by atoms with E-state index in [4.69, 9.17) is 14.2 Å². The van der Waals surface area contributed by atoms with Crippen LogP contribution >= 0.6 is 0 Å². The summed E-state index contributed by atoms with van der Waals surface area (Å²) in [7, 11) is 2.57. The molecule has 2 aliphatic rings. The highest BCUT2D eigenvalue weighted by atomic mass is 16.5. The smallest absolute Gasteiger partial charge is 0.355 e. The molecule has 1 aromatic carbocycles. The van der Waals surface area contributed by atoms with E-state index in [2.05, 4.69) is 10.2 Å². The summed E-state index contributed by atoms with van der Waals surface area (Å²) in [4.78, 5) is 28.5. The largest absolute Gasteiger partial charge is 0.466 e. The third-order valence-corrected chi connectivity index (χ3v) is 4.46. The Kier molecular flexibility index (Phi) is 5.75. The fourth-order valence-electron chi connectivity index (χ4n) is 3.20. The van der Waals surface area contributed by atoms with Crippen LogP contribution in [0.4, 0.5) is 11.4 Å². The van der Waals surface area contributed by atoms with Gasteiger partial charge in [0.2, 0.25) is 0 Å². The van der Waals surface area contributed by atoms with Crippen LogP contribution in [0, 0.1) is 0 Å². The molecule has 0 bridgehead atoms. The molecule has 140 valence electrons. The first-order chi connectivity index (χ1) is 12.7. The molecule has 2 aliphatic heterocycles. The highest BCUT2D eigenvalue weighted by molar-refractivity contribution is 6.04. The quantitative estimate of drug-likeness (QED) is 0.777. The van der Waals surface area contributed by atoms with E-state index in [1.807, 2.05) is 24.3 Å². The van der Waals surface area contributed by atoms with Crippen LogP contribution in [0.2, 0.25) is 0 Å². The van der Waals surface area contributed by atoms with Gasteiger partial charge in [0.15, 0.2) is 0 Å². The number of ether oxygens (including phenoxy) is 3. The molecule has 1 fully saturated rings. The zero-order chi connectivity index (χ0) is 18.5. The predicted molar refractivity (Wildman–Crippen MR) is 95.9 cm³/mol. The minimum Gasteiger partial charge on any atom is -0.466 e. The lowest BCUT2D eigenvalue weighted by Crippen LogP contribution is -2.45. The maximum Gasteiger partial charge on any atom is 0.355 e. The van der Waals surface area contributed by atoms with Gasteiger partial charge in [-0.2, -0.15) is 0 Å². The highest BCUT2D eigenvalue weighted by Crippen LogP contribution is 2.34. The minimum absolute atomic E-state index is 0.00338. The second kappa shape index (κ2) is 8.20. The van der Waals surface area contributed by atoms with Gasteiger partial charge in [0.1, 0.15) is 12.4 Å². The van der Waals surface area contributed by atoms with Gasteiger partial charge in [-0.1, -0.05) is 12.1 Å². The molecule has 1 aromatic rings. The summed E-state index contributed by atoms with van der Waals surface area (Å²) in [5.41, 5.74) is 2.08. The van der Waals surface area contributed by atoms with Crippen molar-refractivity contribution in [2.75, 3.05) is 63.5 Å². The molecule has 1 saturated heterocycles. The van der Waals surface area contributed by atoms with E-state index >= 15 is 0 Å². The van der Waals surface area contributed by atoms with E-state index in [9.17, 15) is 9.59 Å². The fraction of sp³-hybridized carbons (Fsp3) is 0.444. The monoisotopic (exact) mass is 361 g/mol. The number of esters is 2. The van der Waals surface area contributed by atoms with Crippen LogP contribution < -0.4 is 15.1 Å². The Hall–Kier alpha value is -2.58. The lowest BCUT2D eigenvalue weighted by molar-refractivity contribution is -0.140. The van der Waals surface area contributed by atoms with Crippen molar-refractivity contribution in [1.29, 1.82) is 0 Å². The summed E-state index contributed by atoms with van der Waals surface area (Å²) in [6, 6.07) is 7.75. The van der Waals surface area contributed by atoms with Gasteiger partial charge in [0.25, 0.3) is 0 Å². The van der Waals surface area contributed by atoms with Crippen LogP contribution in [0.3, 0.4) is 0 Å². The second-order valence-corrected chi connectivity index (χ2v) is 5.94. The number of nitrogens with one attached hydrogen (secondary N) is 1. The van der Waals surface area contributed by atoms with E-state index in [1.165, 1.54) is 14.2 Å². The molecule has 0 radical (unpaired) electrons. The third-order valence-electron chi connectivity index (χ3n) is 4.46. The number of nitrogens with zero attached hydrogens (tertiary/aromatic N) is 2. The molecule has 0 atom stereocenters. The number of anilines is 2. The van der Waals surface area contributed by atoms with Gasteiger partial charge in [-0.3, -0.25) is 0 Å². The molecule has 8 nitrogen and oxygen atoms in total. The van der Waals surface area contributed by atoms with Gasteiger partial charge >= 0.3 is 11.9 Å². The Morgan fingerprint density at radius 3 is 2.35 bits per heavy atom. The van der Waals surface area contributed by atoms with Crippen molar-refractivity contribution < 1.29 is 23.8 Å². The van der Waals surface area contributed by atoms with E-state index in [-0.39, 0.29) is 24.6 Å². The Bertz CT molecular complexity index is 713. The van der Waals surface area contributed by atoms with Crippen molar-refractivity contribution in [3.63, 3.8) is 0 Å². The van der Waals surface area contributed by atoms with Crippen molar-refractivity contribution in [1.82, 2.24) is 5.32 Å². The number of benzene rings is 1. The van der Waals surface area contributed by atoms with Crippen LogP contribution in [0.15, 0.2) is 35.5 Å². The fourth-order valence-corrected chi connectivity index (χ4v) is 3.20. The van der Waals surface area contributed by atoms with Crippen molar-refractivity contribution >= 4 is 23.3 Å². The number of rotatable bonds is 4. The molecular formula is C18H23N3O5. The summed E-state index contributed by atoms with van der Waals surface area (Å²) < 4.78 is 15.3. The zero-order valence-corrected chi connectivity index (χ0v) is 15.0. The molecule has 8 heteroatoms. The van der Waals surface area contributed by atoms with Crippen LogP contribution in [-0.4, -0.2) is 65.7 Å². The maximum atomic E-state index is 12.5. The molecule has 0 unspecified atom stereocenters. The molecule has 3 rings (SSSR count). The molecule has 0 aromatic heterocycles. The van der Waals surface area contributed by atoms with Gasteiger partial charge in [-0.05, 0) is 12.1 Å². The van der Waals surface area contributed by atoms with Gasteiger partial charge < -0.3 is 29.3 Å². The standard InChI is InChI=1S/C18H23N3O5/c1-24-17(22)13-11-26-12-21(16(13)18(23)25-2)15-6-4-3-5-14(15)20-9-7-19-8-10-20/h3-6,19H,7-12H2,1-2H3. The molecule has 26 heavy (non-hydrogen) atoms. The average Bonchev–Trinajstić information content (AvgIpc) is 2.72. The van der Waals surface area contributed by atoms with E-state index in [0.29, 0.717) is 0 Å². The van der Waals surface area contributed by atoms with Crippen LogP contribution in [0.1, 0.15) is 0 Å². The van der Waals surface area contributed by atoms with Gasteiger partial charge in [0.05, 0.1) is 37.8 Å². The second-order valence-electron chi connectivity index (χ2n) is 5.94. The normalized spacial score (nSPS) is 17.9. The molecule has 0 amide bonds. The summed E-state index contributed by atoms with van der Waals surface area (Å²) in [6.45, 7) is 3.63. The van der Waals surface area contributed by atoms with Crippen molar-refractivity contribution in [3.05, 3.63) is 35.5 Å². The number of piperazine rings is 1. The SMILES string of the molecule is COC(=O)C1=C(C(=O)OC)N(c2ccccc2N2CCNCC2)COC1. The third kappa shape index (κ3) is 3.51. The Labute approximate surface area is 152 Å². The number of methoxy groups -OCH3 is 2. The molecule has 0 spiro atoms. The van der Waals surface area contributed by atoms with E-state index in [0.717, 1.165) is 37.6 Å². The first kappa shape index (κ1) is 18.2. The number of carbonyl (C=O) groups is 2. The lowest BCUT2D eigenvalue weighted by atomic mass is 10.1. The topological polar surface area (TPSA) is 80.3 Å². The van der Waals surface area contributed by atoms with Gasteiger partial charge in [-0.25, -0.2) is 9.59 Å². The van der Waals surface area contributed by atoms with E-state index in [1.54, 1.807) is 4.90 Å². The van der Waals surface area contributed by atoms with E-state index < -0.39 is 11.9 Å². The maximum absolute atomic E-state index is 12.5. The summed E-state index contributed by atoms with van der Waals surface area (Å²) >= 11 is 0. The summed E-state index contributed by atoms with van der Waals surface area (Å²) in [5, 5.41) is 3.32. The molecular weight excluding hydrogens is 338 g/mol. The number of carbonyl (C=O) groups excluding carboxylic acids is 2. The first-order valence-electron chi connectivity index (χ1n) is 8.47. The molecule has 1 N–H and O–H groups in total. The molecule has 0 saturated carbocycles. The molecule has 0 aliphatic carbocycles. The number of para-hydroxylation sites is 2. The Balaban J connectivity index is 2.07. The summed E-state index contributed by atoms with van der Waals surface area (Å²) in [5.74, 6) is -1.20. The average molecular weight is 361 g/mol. The van der Waals surface area contributed by atoms with Crippen molar-refractivity contribution in [2.24, 2.45) is 0 Å². The van der Waals surface area contributed by atoms with Gasteiger partial charge in [-0.15, -0.1) is 0 Å². The van der Waals surface area contributed by atoms with Crippen LogP contribution in [-0.2, 0) is 23.8 Å². The number of hydrogen-bond donors (Lipinski definition) is 1. The highest BCUT2D eigenvalue weighted by Gasteiger charge is 2.33. The van der Waals surface area contributed by atoms with Crippen molar-refractivity contribution in [2.45, 2.75) is 0 Å². The zero-order valence-electron chi connectivity index (χ0n) is 15.0. The Morgan fingerprint density at radius 2 is 1.69 bits per heavy atom. The first-order valence-corrected chi connectivity index (χ1v) is 8.47. The summed E-state index contributed by atoms with van der Waals surface area (Å²) in [6.07, 6.45) is 0. The molecule has 2 heterocycles. The van der Waals surface area contributed by atoms with Crippen LogP contribution in [0.25, 0.3) is 0 Å². The van der Waals surface area contributed by atoms with Crippen LogP contribution in [0.5, 0.6) is 0 Å². The predicted octanol–water partition coefficient (Wildman–Crippen LogP) is 0.490.